The SMILES string of the molecule is CCOCCCn1c(=O)[nH]c2cc(OCC)c(OCC)cc2c1=O. The Labute approximate surface area is 140 Å². The Bertz CT molecular complexity index is 794. The van der Waals surface area contributed by atoms with Crippen molar-refractivity contribution >= 4 is 10.9 Å². The number of fused-ring (bicyclic) bond motifs is 1. The summed E-state index contributed by atoms with van der Waals surface area (Å²) in [6.45, 7) is 7.97. The first-order chi connectivity index (χ1) is 11.6. The number of hydrogen-bond acceptors (Lipinski definition) is 5. The van der Waals surface area contributed by atoms with Crippen LogP contribution >= 0.6 is 0 Å². The maximum absolute atomic E-state index is 12.6. The number of benzene rings is 1. The van der Waals surface area contributed by atoms with E-state index in [1.807, 2.05) is 20.8 Å². The molecule has 1 aromatic heterocycles. The molecule has 1 heterocycles. The lowest BCUT2D eigenvalue weighted by atomic mass is 10.2. The maximum atomic E-state index is 12.6. The second-order valence-electron chi connectivity index (χ2n) is 5.15. The molecule has 7 heteroatoms. The standard InChI is InChI=1S/C17H24N2O5/c1-4-22-9-7-8-19-16(20)12-10-14(23-5-2)15(24-6-3)11-13(12)18-17(19)21/h10-11H,4-9H2,1-3H3,(H,18,21). The smallest absolute Gasteiger partial charge is 0.328 e. The van der Waals surface area contributed by atoms with Crippen LogP contribution in [0.15, 0.2) is 21.7 Å². The largest absolute Gasteiger partial charge is 0.490 e. The minimum Gasteiger partial charge on any atom is -0.490 e. The van der Waals surface area contributed by atoms with E-state index in [2.05, 4.69) is 4.98 Å². The van der Waals surface area contributed by atoms with Crippen molar-refractivity contribution in [1.29, 1.82) is 0 Å². The quantitative estimate of drug-likeness (QED) is 0.707. The molecule has 0 aliphatic rings. The third-order valence-corrected chi connectivity index (χ3v) is 3.52. The fourth-order valence-electron chi connectivity index (χ4n) is 2.47. The first-order valence-corrected chi connectivity index (χ1v) is 8.26. The summed E-state index contributed by atoms with van der Waals surface area (Å²) in [5, 5.41) is 0.401. The Balaban J connectivity index is 2.47. The number of nitrogens with one attached hydrogen (secondary N) is 1. The van der Waals surface area contributed by atoms with Crippen molar-refractivity contribution in [3.63, 3.8) is 0 Å². The number of H-pyrrole nitrogens is 1. The highest BCUT2D eigenvalue weighted by Gasteiger charge is 2.13. The lowest BCUT2D eigenvalue weighted by molar-refractivity contribution is 0.141. The zero-order chi connectivity index (χ0) is 17.5. The van der Waals surface area contributed by atoms with E-state index in [0.717, 1.165) is 0 Å². The van der Waals surface area contributed by atoms with Gasteiger partial charge in [-0.1, -0.05) is 0 Å². The van der Waals surface area contributed by atoms with Crippen molar-refractivity contribution in [2.75, 3.05) is 26.4 Å². The van der Waals surface area contributed by atoms with E-state index < -0.39 is 5.69 Å². The van der Waals surface area contributed by atoms with Crippen molar-refractivity contribution in [2.45, 2.75) is 33.7 Å². The van der Waals surface area contributed by atoms with Gasteiger partial charge >= 0.3 is 5.69 Å². The van der Waals surface area contributed by atoms with Crippen LogP contribution < -0.4 is 20.7 Å². The van der Waals surface area contributed by atoms with Crippen LogP contribution in [-0.2, 0) is 11.3 Å². The van der Waals surface area contributed by atoms with Crippen molar-refractivity contribution in [2.24, 2.45) is 0 Å². The van der Waals surface area contributed by atoms with Crippen molar-refractivity contribution < 1.29 is 14.2 Å². The molecule has 7 nitrogen and oxygen atoms in total. The van der Waals surface area contributed by atoms with Crippen LogP contribution in [0.1, 0.15) is 27.2 Å². The van der Waals surface area contributed by atoms with E-state index in [1.165, 1.54) is 4.57 Å². The number of nitrogens with zero attached hydrogens (tertiary/aromatic N) is 1. The molecule has 0 spiro atoms. The Hall–Kier alpha value is -2.28. The van der Waals surface area contributed by atoms with Crippen LogP contribution in [0.4, 0.5) is 0 Å². The van der Waals surface area contributed by atoms with Crippen molar-refractivity contribution in [3.05, 3.63) is 33.0 Å². The number of rotatable bonds is 9. The summed E-state index contributed by atoms with van der Waals surface area (Å²) in [5.41, 5.74) is -0.331. The summed E-state index contributed by atoms with van der Waals surface area (Å²) in [4.78, 5) is 27.6. The predicted octanol–water partition coefficient (Wildman–Crippen LogP) is 1.91. The number of hydrogen-bond donors (Lipinski definition) is 1. The highest BCUT2D eigenvalue weighted by atomic mass is 16.5. The zero-order valence-electron chi connectivity index (χ0n) is 14.4. The second-order valence-corrected chi connectivity index (χ2v) is 5.15. The molecule has 2 rings (SSSR count). The lowest BCUT2D eigenvalue weighted by Gasteiger charge is -2.13. The van der Waals surface area contributed by atoms with Crippen LogP contribution in [0, 0.1) is 0 Å². The fraction of sp³-hybridized carbons (Fsp3) is 0.529. The molecule has 1 aromatic carbocycles. The Morgan fingerprint density at radius 2 is 1.67 bits per heavy atom. The average molecular weight is 336 g/mol. The van der Waals surface area contributed by atoms with Crippen LogP contribution in [0.3, 0.4) is 0 Å². The number of ether oxygens (including phenoxy) is 3. The van der Waals surface area contributed by atoms with Crippen LogP contribution in [0.5, 0.6) is 11.5 Å². The van der Waals surface area contributed by atoms with E-state index in [0.29, 0.717) is 61.8 Å². The van der Waals surface area contributed by atoms with Gasteiger partial charge in [-0.2, -0.15) is 0 Å². The average Bonchev–Trinajstić information content (AvgIpc) is 2.56. The molecule has 24 heavy (non-hydrogen) atoms. The van der Waals surface area contributed by atoms with Gasteiger partial charge in [-0.05, 0) is 33.3 Å². The molecule has 0 radical (unpaired) electrons. The molecular weight excluding hydrogens is 312 g/mol. The number of aromatic nitrogens is 2. The maximum Gasteiger partial charge on any atom is 0.328 e. The molecule has 0 amide bonds. The normalized spacial score (nSPS) is 11.0. The van der Waals surface area contributed by atoms with Crippen molar-refractivity contribution in [1.82, 2.24) is 9.55 Å². The summed E-state index contributed by atoms with van der Waals surface area (Å²) < 4.78 is 17.5. The molecule has 2 aromatic rings. The van der Waals surface area contributed by atoms with E-state index in [-0.39, 0.29) is 5.56 Å². The van der Waals surface area contributed by atoms with E-state index in [9.17, 15) is 9.59 Å². The fourth-order valence-corrected chi connectivity index (χ4v) is 2.47. The molecule has 1 N–H and O–H groups in total. The van der Waals surface area contributed by atoms with Crippen LogP contribution in [0.25, 0.3) is 10.9 Å². The third-order valence-electron chi connectivity index (χ3n) is 3.52. The minimum absolute atomic E-state index is 0.307. The Kier molecular flexibility index (Phi) is 6.43. The summed E-state index contributed by atoms with van der Waals surface area (Å²) in [7, 11) is 0. The molecule has 0 fully saturated rings. The van der Waals surface area contributed by atoms with Gasteiger partial charge in [0.2, 0.25) is 0 Å². The van der Waals surface area contributed by atoms with Gasteiger partial charge < -0.3 is 19.2 Å². The minimum atomic E-state index is -0.435. The summed E-state index contributed by atoms with van der Waals surface area (Å²) in [6.07, 6.45) is 0.595. The summed E-state index contributed by atoms with van der Waals surface area (Å²) in [6, 6.07) is 3.26. The summed E-state index contributed by atoms with van der Waals surface area (Å²) >= 11 is 0. The van der Waals surface area contributed by atoms with Gasteiger partial charge in [-0.25, -0.2) is 4.79 Å². The van der Waals surface area contributed by atoms with Gasteiger partial charge in [-0.3, -0.25) is 9.36 Å². The van der Waals surface area contributed by atoms with Crippen molar-refractivity contribution in [3.8, 4) is 11.5 Å². The molecule has 0 unspecified atom stereocenters. The second kappa shape index (κ2) is 8.54. The van der Waals surface area contributed by atoms with Gasteiger partial charge in [0, 0.05) is 25.8 Å². The van der Waals surface area contributed by atoms with Gasteiger partial charge in [0.25, 0.3) is 5.56 Å². The molecule has 0 aliphatic carbocycles. The van der Waals surface area contributed by atoms with E-state index in [1.54, 1.807) is 12.1 Å². The highest BCUT2D eigenvalue weighted by molar-refractivity contribution is 5.81. The first kappa shape index (κ1) is 18.1. The van der Waals surface area contributed by atoms with Gasteiger partial charge in [0.15, 0.2) is 11.5 Å². The molecule has 0 bridgehead atoms. The molecular formula is C17H24N2O5. The first-order valence-electron chi connectivity index (χ1n) is 8.26. The Morgan fingerprint density at radius 3 is 2.29 bits per heavy atom. The van der Waals surface area contributed by atoms with E-state index >= 15 is 0 Å². The summed E-state index contributed by atoms with van der Waals surface area (Å²) in [5.74, 6) is 1.01. The molecule has 0 saturated heterocycles. The molecule has 0 aliphatic heterocycles. The monoisotopic (exact) mass is 336 g/mol. The number of aromatic amines is 1. The highest BCUT2D eigenvalue weighted by Crippen LogP contribution is 2.30. The van der Waals surface area contributed by atoms with E-state index in [4.69, 9.17) is 14.2 Å². The van der Waals surface area contributed by atoms with Gasteiger partial charge in [0.1, 0.15) is 0 Å². The lowest BCUT2D eigenvalue weighted by Crippen LogP contribution is -2.35. The predicted molar refractivity (Wildman–Crippen MR) is 92.3 cm³/mol. The zero-order valence-corrected chi connectivity index (χ0v) is 14.4. The molecule has 0 atom stereocenters. The topological polar surface area (TPSA) is 82.6 Å². The third kappa shape index (κ3) is 3.97. The van der Waals surface area contributed by atoms with Gasteiger partial charge in [-0.15, -0.1) is 0 Å². The van der Waals surface area contributed by atoms with Crippen LogP contribution in [-0.4, -0.2) is 36.0 Å². The molecule has 132 valence electrons. The van der Waals surface area contributed by atoms with Crippen LogP contribution in [0.2, 0.25) is 0 Å². The van der Waals surface area contributed by atoms with Gasteiger partial charge in [0.05, 0.1) is 24.1 Å². The Morgan fingerprint density at radius 1 is 1.00 bits per heavy atom. The molecule has 0 saturated carbocycles.